The van der Waals surface area contributed by atoms with Crippen molar-refractivity contribution in [3.8, 4) is 0 Å². The summed E-state index contributed by atoms with van der Waals surface area (Å²) in [5.41, 5.74) is 0. The first-order valence-corrected chi connectivity index (χ1v) is 15.5. The first-order chi connectivity index (χ1) is 17.1. The van der Waals surface area contributed by atoms with Crippen molar-refractivity contribution in [1.29, 1.82) is 0 Å². The van der Waals surface area contributed by atoms with Gasteiger partial charge in [-0.05, 0) is 19.3 Å². The van der Waals surface area contributed by atoms with Crippen molar-refractivity contribution in [2.45, 2.75) is 187 Å². The topological polar surface area (TPSA) is 63.6 Å². The van der Waals surface area contributed by atoms with Crippen LogP contribution in [-0.4, -0.2) is 23.1 Å². The van der Waals surface area contributed by atoms with E-state index in [1.165, 1.54) is 122 Å². The molecule has 0 aromatic carbocycles. The molecule has 0 heterocycles. The van der Waals surface area contributed by atoms with Crippen LogP contribution < -0.4 is 0 Å². The lowest BCUT2D eigenvalue weighted by molar-refractivity contribution is -0.153. The second kappa shape index (κ2) is 27.5. The van der Waals surface area contributed by atoms with Crippen molar-refractivity contribution in [3.05, 3.63) is 0 Å². The minimum absolute atomic E-state index is 0.0674. The molecule has 1 unspecified atom stereocenters. The van der Waals surface area contributed by atoms with Gasteiger partial charge in [-0.3, -0.25) is 9.59 Å². The van der Waals surface area contributed by atoms with Gasteiger partial charge in [-0.15, -0.1) is 0 Å². The lowest BCUT2D eigenvalue weighted by atomic mass is 10.0. The monoisotopic (exact) mass is 496 g/mol. The van der Waals surface area contributed by atoms with E-state index in [1.807, 2.05) is 0 Å². The van der Waals surface area contributed by atoms with Gasteiger partial charge in [-0.25, -0.2) is 0 Å². The lowest BCUT2D eigenvalue weighted by Gasteiger charge is -2.16. The fourth-order valence-corrected chi connectivity index (χ4v) is 4.79. The van der Waals surface area contributed by atoms with Crippen molar-refractivity contribution < 1.29 is 19.4 Å². The standard InChI is InChI=1S/C31H60O4/c1-3-5-7-9-11-13-15-16-17-18-20-22-24-26-29(28-30(32)33)35-31(34)27-25-23-21-19-14-12-10-8-6-4-2/h29H,3-28H2,1-2H3,(H,32,33). The van der Waals surface area contributed by atoms with Gasteiger partial charge in [0.05, 0.1) is 6.42 Å². The van der Waals surface area contributed by atoms with Gasteiger partial charge in [0.2, 0.25) is 0 Å². The summed E-state index contributed by atoms with van der Waals surface area (Å²) in [6, 6.07) is 0. The molecule has 0 radical (unpaired) electrons. The largest absolute Gasteiger partial charge is 0.481 e. The fourth-order valence-electron chi connectivity index (χ4n) is 4.79. The minimum Gasteiger partial charge on any atom is -0.481 e. The van der Waals surface area contributed by atoms with Gasteiger partial charge in [-0.1, -0.05) is 149 Å². The molecule has 35 heavy (non-hydrogen) atoms. The molecule has 0 rings (SSSR count). The average molecular weight is 497 g/mol. The van der Waals surface area contributed by atoms with Crippen molar-refractivity contribution >= 4 is 11.9 Å². The molecule has 0 spiro atoms. The number of carbonyl (C=O) groups excluding carboxylic acids is 1. The number of hydrogen-bond acceptors (Lipinski definition) is 3. The molecule has 0 aliphatic heterocycles. The maximum atomic E-state index is 12.2. The summed E-state index contributed by atoms with van der Waals surface area (Å²) in [4.78, 5) is 23.4. The number of carboxylic acid groups (broad SMARTS) is 1. The second-order valence-corrected chi connectivity index (χ2v) is 10.7. The van der Waals surface area contributed by atoms with E-state index in [-0.39, 0.29) is 12.4 Å². The third kappa shape index (κ3) is 27.4. The van der Waals surface area contributed by atoms with Crippen molar-refractivity contribution in [2.75, 3.05) is 0 Å². The zero-order valence-corrected chi connectivity index (χ0v) is 23.6. The number of carbonyl (C=O) groups is 2. The van der Waals surface area contributed by atoms with E-state index in [4.69, 9.17) is 4.74 Å². The number of unbranched alkanes of at least 4 members (excludes halogenated alkanes) is 21. The molecule has 0 aliphatic rings. The molecular formula is C31H60O4. The van der Waals surface area contributed by atoms with Crippen molar-refractivity contribution in [1.82, 2.24) is 0 Å². The van der Waals surface area contributed by atoms with Crippen LogP contribution in [0.4, 0.5) is 0 Å². The molecule has 0 aromatic rings. The molecule has 0 bridgehead atoms. The Bertz CT molecular complexity index is 463. The number of ether oxygens (including phenoxy) is 1. The number of esters is 1. The highest BCUT2D eigenvalue weighted by molar-refractivity contribution is 5.71. The Hall–Kier alpha value is -1.06. The van der Waals surface area contributed by atoms with E-state index >= 15 is 0 Å². The van der Waals surface area contributed by atoms with Gasteiger partial charge in [0.25, 0.3) is 0 Å². The van der Waals surface area contributed by atoms with Crippen LogP contribution in [0.25, 0.3) is 0 Å². The highest BCUT2D eigenvalue weighted by Crippen LogP contribution is 2.17. The maximum Gasteiger partial charge on any atom is 0.307 e. The summed E-state index contributed by atoms with van der Waals surface area (Å²) in [6.45, 7) is 4.51. The first-order valence-electron chi connectivity index (χ1n) is 15.5. The molecule has 0 aliphatic carbocycles. The third-order valence-electron chi connectivity index (χ3n) is 7.06. The number of aliphatic carboxylic acids is 1. The molecule has 1 atom stereocenters. The van der Waals surface area contributed by atoms with Crippen LogP contribution in [0.1, 0.15) is 181 Å². The summed E-state index contributed by atoms with van der Waals surface area (Å²) < 4.78 is 5.53. The summed E-state index contributed by atoms with van der Waals surface area (Å²) in [5.74, 6) is -1.10. The van der Waals surface area contributed by atoms with E-state index in [2.05, 4.69) is 13.8 Å². The van der Waals surface area contributed by atoms with E-state index in [9.17, 15) is 14.7 Å². The minimum atomic E-state index is -0.878. The van der Waals surface area contributed by atoms with Crippen LogP contribution in [0, 0.1) is 0 Å². The van der Waals surface area contributed by atoms with Gasteiger partial charge in [-0.2, -0.15) is 0 Å². The summed E-state index contributed by atoms with van der Waals surface area (Å²) in [7, 11) is 0. The predicted octanol–water partition coefficient (Wildman–Crippen LogP) is 10.2. The molecule has 4 heteroatoms. The highest BCUT2D eigenvalue weighted by Gasteiger charge is 2.17. The van der Waals surface area contributed by atoms with E-state index < -0.39 is 12.1 Å². The Labute approximate surface area is 218 Å². The van der Waals surface area contributed by atoms with Gasteiger partial charge in [0, 0.05) is 6.42 Å². The molecule has 0 amide bonds. The van der Waals surface area contributed by atoms with Crippen LogP contribution in [-0.2, 0) is 14.3 Å². The Balaban J connectivity index is 3.68. The average Bonchev–Trinajstić information content (AvgIpc) is 2.82. The molecule has 208 valence electrons. The summed E-state index contributed by atoms with van der Waals surface area (Å²) in [5, 5.41) is 9.17. The SMILES string of the molecule is CCCCCCCCCCCCCCCC(CC(=O)O)OC(=O)CCCCCCCCCCCC. The van der Waals surface area contributed by atoms with E-state index in [0.717, 1.165) is 25.7 Å². The zero-order chi connectivity index (χ0) is 25.8. The second-order valence-electron chi connectivity index (χ2n) is 10.7. The zero-order valence-electron chi connectivity index (χ0n) is 23.6. The van der Waals surface area contributed by atoms with E-state index in [1.54, 1.807) is 0 Å². The van der Waals surface area contributed by atoms with Crippen LogP contribution in [0.3, 0.4) is 0 Å². The van der Waals surface area contributed by atoms with Gasteiger partial charge in [0.15, 0.2) is 0 Å². The van der Waals surface area contributed by atoms with Crippen molar-refractivity contribution in [2.24, 2.45) is 0 Å². The maximum absolute atomic E-state index is 12.2. The molecule has 0 saturated heterocycles. The van der Waals surface area contributed by atoms with Crippen LogP contribution in [0.2, 0.25) is 0 Å². The molecule has 0 aromatic heterocycles. The number of carboxylic acids is 1. The lowest BCUT2D eigenvalue weighted by Crippen LogP contribution is -2.21. The van der Waals surface area contributed by atoms with Gasteiger partial charge >= 0.3 is 11.9 Å². The quantitative estimate of drug-likeness (QED) is 0.0864. The molecular weight excluding hydrogens is 436 g/mol. The van der Waals surface area contributed by atoms with Crippen molar-refractivity contribution in [3.63, 3.8) is 0 Å². The van der Waals surface area contributed by atoms with Gasteiger partial charge < -0.3 is 9.84 Å². The van der Waals surface area contributed by atoms with E-state index in [0.29, 0.717) is 12.8 Å². The Kier molecular flexibility index (Phi) is 26.7. The smallest absolute Gasteiger partial charge is 0.307 e. The first kappa shape index (κ1) is 33.9. The fraction of sp³-hybridized carbons (Fsp3) is 0.935. The summed E-state index contributed by atoms with van der Waals surface area (Å²) >= 11 is 0. The number of rotatable bonds is 28. The van der Waals surface area contributed by atoms with Crippen LogP contribution in [0.15, 0.2) is 0 Å². The summed E-state index contributed by atoms with van der Waals surface area (Å²) in [6.07, 6.45) is 29.7. The van der Waals surface area contributed by atoms with Crippen LogP contribution in [0.5, 0.6) is 0 Å². The molecule has 4 nitrogen and oxygen atoms in total. The van der Waals surface area contributed by atoms with Gasteiger partial charge in [0.1, 0.15) is 6.10 Å². The third-order valence-corrected chi connectivity index (χ3v) is 7.06. The normalized spacial score (nSPS) is 12.1. The Morgan fingerprint density at radius 1 is 0.543 bits per heavy atom. The number of hydrogen-bond donors (Lipinski definition) is 1. The predicted molar refractivity (Wildman–Crippen MR) is 149 cm³/mol. The highest BCUT2D eigenvalue weighted by atomic mass is 16.5. The Morgan fingerprint density at radius 3 is 1.26 bits per heavy atom. The van der Waals surface area contributed by atoms with Crippen LogP contribution >= 0.6 is 0 Å². The Morgan fingerprint density at radius 2 is 0.886 bits per heavy atom. The molecule has 0 saturated carbocycles. The molecule has 1 N–H and O–H groups in total. The molecule has 0 fully saturated rings.